The molecule has 0 aliphatic carbocycles. The van der Waals surface area contributed by atoms with Gasteiger partial charge in [0, 0.05) is 0 Å². The summed E-state index contributed by atoms with van der Waals surface area (Å²) >= 11 is 5.72. The summed E-state index contributed by atoms with van der Waals surface area (Å²) in [4.78, 5) is 11.7. The molecule has 0 aliphatic heterocycles. The van der Waals surface area contributed by atoms with E-state index in [1.807, 2.05) is 36.4 Å². The molecule has 0 saturated carbocycles. The second-order valence-electron chi connectivity index (χ2n) is 6.73. The average molecular weight is 347 g/mol. The molecule has 2 rings (SSSR count). The second-order valence-corrected chi connectivity index (χ2v) is 11.4. The van der Waals surface area contributed by atoms with Crippen LogP contribution in [0.5, 0.6) is 0 Å². The van der Waals surface area contributed by atoms with Crippen LogP contribution in [0.25, 0.3) is 0 Å². The molecule has 0 heterocycles. The van der Waals surface area contributed by atoms with Gasteiger partial charge in [0.15, 0.2) is 0 Å². The van der Waals surface area contributed by atoms with Crippen molar-refractivity contribution in [3.63, 3.8) is 0 Å². The van der Waals surface area contributed by atoms with Crippen molar-refractivity contribution in [3.8, 4) is 0 Å². The fourth-order valence-electron chi connectivity index (χ4n) is 3.00. The molecular weight excluding hydrogens is 324 g/mol. The molecule has 0 aromatic heterocycles. The zero-order valence-corrected chi connectivity index (χ0v) is 15.8. The van der Waals surface area contributed by atoms with Crippen LogP contribution in [-0.2, 0) is 9.22 Å². The molecule has 0 amide bonds. The van der Waals surface area contributed by atoms with Crippen LogP contribution in [0.2, 0.25) is 5.04 Å². The lowest BCUT2D eigenvalue weighted by molar-refractivity contribution is -0.117. The highest BCUT2D eigenvalue weighted by Gasteiger charge is 2.51. The van der Waals surface area contributed by atoms with Crippen molar-refractivity contribution in [2.24, 2.45) is 0 Å². The number of benzene rings is 2. The lowest BCUT2D eigenvalue weighted by Crippen LogP contribution is -2.67. The predicted octanol–water partition coefficient (Wildman–Crippen LogP) is 3.72. The Labute approximate surface area is 144 Å². The number of carbonyl (C=O) groups is 1. The van der Waals surface area contributed by atoms with E-state index in [1.165, 1.54) is 0 Å². The summed E-state index contributed by atoms with van der Waals surface area (Å²) in [5, 5.41) is 1.67. The van der Waals surface area contributed by atoms with Crippen molar-refractivity contribution in [2.45, 2.75) is 38.8 Å². The molecule has 0 radical (unpaired) electrons. The molecule has 2 aromatic rings. The highest BCUT2D eigenvalue weighted by molar-refractivity contribution is 6.99. The Morgan fingerprint density at radius 2 is 1.35 bits per heavy atom. The van der Waals surface area contributed by atoms with E-state index >= 15 is 0 Å². The third-order valence-corrected chi connectivity index (χ3v) is 9.51. The van der Waals surface area contributed by atoms with Crippen LogP contribution in [0, 0.1) is 0 Å². The third kappa shape index (κ3) is 3.57. The van der Waals surface area contributed by atoms with Crippen LogP contribution in [0.4, 0.5) is 0 Å². The van der Waals surface area contributed by atoms with Gasteiger partial charge in [-0.25, -0.2) is 0 Å². The van der Waals surface area contributed by atoms with E-state index in [-0.39, 0.29) is 5.04 Å². The quantitative estimate of drug-likeness (QED) is 0.609. The van der Waals surface area contributed by atoms with Gasteiger partial charge in [0.25, 0.3) is 8.32 Å². The number of carbonyl (C=O) groups excluding carboxylic acids is 1. The summed E-state index contributed by atoms with van der Waals surface area (Å²) in [6.45, 7) is 8.24. The number of hydrogen-bond acceptors (Lipinski definition) is 2. The third-order valence-electron chi connectivity index (χ3n) is 4.09. The molecule has 4 heteroatoms. The Hall–Kier alpha value is -1.42. The maximum atomic E-state index is 11.7. The highest BCUT2D eigenvalue weighted by Crippen LogP contribution is 2.37. The molecule has 2 aromatic carbocycles. The molecule has 0 saturated heterocycles. The first-order chi connectivity index (χ1) is 10.8. The van der Waals surface area contributed by atoms with Gasteiger partial charge < -0.3 is 4.43 Å². The molecular formula is C19H23ClO2Si. The van der Waals surface area contributed by atoms with Gasteiger partial charge in [-0.1, -0.05) is 81.4 Å². The molecule has 0 aliphatic rings. The summed E-state index contributed by atoms with van der Waals surface area (Å²) < 4.78 is 6.49. The number of rotatable bonds is 5. The Morgan fingerprint density at radius 3 is 1.65 bits per heavy atom. The summed E-state index contributed by atoms with van der Waals surface area (Å²) in [5.74, 6) is 0. The van der Waals surface area contributed by atoms with Crippen molar-refractivity contribution >= 4 is 35.5 Å². The largest absolute Gasteiger partial charge is 0.396 e. The topological polar surface area (TPSA) is 26.3 Å². The van der Waals surface area contributed by atoms with Crippen LogP contribution in [-0.4, -0.2) is 19.7 Å². The fourth-order valence-corrected chi connectivity index (χ4v) is 7.77. The average Bonchev–Trinajstić information content (AvgIpc) is 2.52. The molecule has 2 nitrogen and oxygen atoms in total. The van der Waals surface area contributed by atoms with E-state index < -0.39 is 19.7 Å². The van der Waals surface area contributed by atoms with Gasteiger partial charge in [-0.15, -0.1) is 0 Å². The molecule has 1 unspecified atom stereocenters. The zero-order chi connectivity index (χ0) is 17.1. The maximum absolute atomic E-state index is 11.7. The van der Waals surface area contributed by atoms with Crippen molar-refractivity contribution < 1.29 is 9.22 Å². The Morgan fingerprint density at radius 1 is 0.957 bits per heavy atom. The summed E-state index contributed by atoms with van der Waals surface area (Å²) in [6.07, 6.45) is -0.650. The Bertz CT molecular complexity index is 611. The first-order valence-electron chi connectivity index (χ1n) is 7.77. The summed E-state index contributed by atoms with van der Waals surface area (Å²) in [6, 6.07) is 20.4. The summed E-state index contributed by atoms with van der Waals surface area (Å²) in [7, 11) is -2.68. The van der Waals surface area contributed by atoms with Crippen LogP contribution in [0.3, 0.4) is 0 Å². The van der Waals surface area contributed by atoms with Crippen LogP contribution in [0.1, 0.15) is 27.7 Å². The number of halogens is 1. The lowest BCUT2D eigenvalue weighted by atomic mass is 10.2. The smallest absolute Gasteiger partial charge is 0.262 e. The molecule has 1 atom stereocenters. The van der Waals surface area contributed by atoms with Crippen molar-refractivity contribution in [1.82, 2.24) is 0 Å². The molecule has 0 bridgehead atoms. The van der Waals surface area contributed by atoms with Crippen molar-refractivity contribution in [2.75, 3.05) is 0 Å². The first kappa shape index (κ1) is 17.9. The van der Waals surface area contributed by atoms with Crippen molar-refractivity contribution in [3.05, 3.63) is 60.7 Å². The highest BCUT2D eigenvalue weighted by atomic mass is 35.5. The summed E-state index contributed by atoms with van der Waals surface area (Å²) in [5.41, 5.74) is 0. The van der Waals surface area contributed by atoms with E-state index in [1.54, 1.807) is 6.92 Å². The van der Waals surface area contributed by atoms with Crippen LogP contribution < -0.4 is 10.4 Å². The molecule has 0 fully saturated rings. The zero-order valence-electron chi connectivity index (χ0n) is 14.0. The van der Waals surface area contributed by atoms with Crippen molar-refractivity contribution in [1.29, 1.82) is 0 Å². The van der Waals surface area contributed by atoms with Gasteiger partial charge in [-0.2, -0.15) is 0 Å². The monoisotopic (exact) mass is 346 g/mol. The van der Waals surface area contributed by atoms with Gasteiger partial charge in [0.05, 0.1) is 0 Å². The second kappa shape index (κ2) is 6.99. The van der Waals surface area contributed by atoms with Crippen LogP contribution in [0.15, 0.2) is 60.7 Å². The van der Waals surface area contributed by atoms with E-state index in [4.69, 9.17) is 16.0 Å². The normalized spacial score (nSPS) is 13.6. The Kier molecular flexibility index (Phi) is 5.45. The molecule has 0 spiro atoms. The van der Waals surface area contributed by atoms with Gasteiger partial charge in [0.2, 0.25) is 5.24 Å². The molecule has 122 valence electrons. The van der Waals surface area contributed by atoms with Gasteiger partial charge in [-0.05, 0) is 33.9 Å². The van der Waals surface area contributed by atoms with E-state index in [0.717, 1.165) is 10.4 Å². The Balaban J connectivity index is 2.72. The van der Waals surface area contributed by atoms with Crippen LogP contribution >= 0.6 is 11.6 Å². The van der Waals surface area contributed by atoms with Gasteiger partial charge in [-0.3, -0.25) is 4.79 Å². The maximum Gasteiger partial charge on any atom is 0.262 e. The minimum absolute atomic E-state index is 0.156. The SMILES string of the molecule is CC(O[Si](c1ccccc1)(c1ccccc1)C(C)(C)C)C(=O)Cl. The van der Waals surface area contributed by atoms with E-state index in [9.17, 15) is 4.79 Å². The minimum atomic E-state index is -2.68. The molecule has 23 heavy (non-hydrogen) atoms. The number of hydrogen-bond donors (Lipinski definition) is 0. The molecule has 0 N–H and O–H groups in total. The van der Waals surface area contributed by atoms with E-state index in [2.05, 4.69) is 45.0 Å². The predicted molar refractivity (Wildman–Crippen MR) is 99.0 cm³/mol. The van der Waals surface area contributed by atoms with Gasteiger partial charge >= 0.3 is 0 Å². The first-order valence-corrected chi connectivity index (χ1v) is 10.1. The minimum Gasteiger partial charge on any atom is -0.396 e. The van der Waals surface area contributed by atoms with Gasteiger partial charge in [0.1, 0.15) is 6.10 Å². The van der Waals surface area contributed by atoms with E-state index in [0.29, 0.717) is 0 Å². The lowest BCUT2D eigenvalue weighted by Gasteiger charge is -2.44. The fraction of sp³-hybridized carbons (Fsp3) is 0.316. The standard InChI is InChI=1S/C19H23ClO2Si/c1-15(18(20)21)22-23(19(2,3)4,16-11-7-5-8-12-16)17-13-9-6-10-14-17/h5-15H,1-4H3.